The predicted molar refractivity (Wildman–Crippen MR) is 86.6 cm³/mol. The Labute approximate surface area is 140 Å². The van der Waals surface area contributed by atoms with Crippen LogP contribution in [0.15, 0.2) is 48.5 Å². The van der Waals surface area contributed by atoms with Gasteiger partial charge in [0.05, 0.1) is 11.5 Å². The summed E-state index contributed by atoms with van der Waals surface area (Å²) in [7, 11) is 0. The van der Waals surface area contributed by atoms with Gasteiger partial charge >= 0.3 is 0 Å². The highest BCUT2D eigenvalue weighted by Gasteiger charge is 2.38. The Kier molecular flexibility index (Phi) is 4.35. The summed E-state index contributed by atoms with van der Waals surface area (Å²) in [5.41, 5.74) is 0.138. The molecular formula is C19H16FN3O. The largest absolute Gasteiger partial charge is 0.457 e. The highest BCUT2D eigenvalue weighted by atomic mass is 19.1. The lowest BCUT2D eigenvalue weighted by Gasteiger charge is -2.35. The van der Waals surface area contributed by atoms with Crippen LogP contribution in [0, 0.1) is 28.6 Å². The molecule has 0 bridgehead atoms. The number of ether oxygens (including phenoxy) is 1. The first-order valence-electron chi connectivity index (χ1n) is 7.76. The summed E-state index contributed by atoms with van der Waals surface area (Å²) in [4.78, 5) is 1.67. The molecule has 1 aliphatic rings. The first kappa shape index (κ1) is 15.8. The zero-order chi connectivity index (χ0) is 17.0. The molecule has 2 aromatic rings. The van der Waals surface area contributed by atoms with Crippen LogP contribution in [-0.2, 0) is 5.41 Å². The fourth-order valence-corrected chi connectivity index (χ4v) is 3.01. The fraction of sp³-hybridized carbons (Fsp3) is 0.263. The first-order chi connectivity index (χ1) is 11.7. The molecule has 1 saturated heterocycles. The molecule has 0 atom stereocenters. The normalized spacial score (nSPS) is 16.0. The lowest BCUT2D eigenvalue weighted by Crippen LogP contribution is -2.39. The summed E-state index contributed by atoms with van der Waals surface area (Å²) in [5.74, 6) is 0.787. The van der Waals surface area contributed by atoms with E-state index in [9.17, 15) is 9.65 Å². The Balaban J connectivity index is 1.92. The van der Waals surface area contributed by atoms with Gasteiger partial charge in [-0.15, -0.1) is 0 Å². The van der Waals surface area contributed by atoms with E-state index in [-0.39, 0.29) is 5.82 Å². The van der Waals surface area contributed by atoms with Crippen LogP contribution in [0.3, 0.4) is 0 Å². The molecule has 1 aliphatic heterocycles. The van der Waals surface area contributed by atoms with Gasteiger partial charge in [0.25, 0.3) is 0 Å². The maximum absolute atomic E-state index is 13.1. The quantitative estimate of drug-likeness (QED) is 0.803. The second-order valence-corrected chi connectivity index (χ2v) is 5.83. The van der Waals surface area contributed by atoms with Crippen molar-refractivity contribution in [2.75, 3.05) is 13.1 Å². The Morgan fingerprint density at radius 2 is 1.67 bits per heavy atom. The van der Waals surface area contributed by atoms with Crippen molar-refractivity contribution in [3.05, 3.63) is 59.9 Å². The maximum Gasteiger partial charge on any atom is 0.179 e. The van der Waals surface area contributed by atoms with Crippen LogP contribution < -0.4 is 4.74 Å². The topological polar surface area (TPSA) is 60.0 Å². The molecule has 0 unspecified atom stereocenters. The first-order valence-corrected chi connectivity index (χ1v) is 7.76. The zero-order valence-electron chi connectivity index (χ0n) is 13.1. The molecule has 1 fully saturated rings. The smallest absolute Gasteiger partial charge is 0.179 e. The molecule has 1 heterocycles. The van der Waals surface area contributed by atoms with E-state index in [1.165, 1.54) is 12.1 Å². The zero-order valence-corrected chi connectivity index (χ0v) is 13.1. The van der Waals surface area contributed by atoms with E-state index in [0.717, 1.165) is 5.56 Å². The third-order valence-corrected chi connectivity index (χ3v) is 4.42. The van der Waals surface area contributed by atoms with Crippen molar-refractivity contribution in [1.29, 1.82) is 10.5 Å². The summed E-state index contributed by atoms with van der Waals surface area (Å²) in [6, 6.07) is 15.7. The average molecular weight is 321 g/mol. The van der Waals surface area contributed by atoms with Gasteiger partial charge in [-0.05, 0) is 43.2 Å². The van der Waals surface area contributed by atoms with Gasteiger partial charge in [0.15, 0.2) is 6.19 Å². The van der Waals surface area contributed by atoms with Gasteiger partial charge < -0.3 is 9.64 Å². The number of likely N-dealkylation sites (tertiary alicyclic amines) is 1. The maximum atomic E-state index is 13.1. The summed E-state index contributed by atoms with van der Waals surface area (Å²) < 4.78 is 19.0. The van der Waals surface area contributed by atoms with E-state index in [2.05, 4.69) is 12.3 Å². The highest BCUT2D eigenvalue weighted by molar-refractivity contribution is 5.46. The minimum absolute atomic E-state index is 0.326. The SMILES string of the molecule is N#CN1CCC(C#N)(c2ccccc2Oc2ccc(F)cc2)CC1. The lowest BCUT2D eigenvalue weighted by molar-refractivity contribution is 0.252. The van der Waals surface area contributed by atoms with Crippen molar-refractivity contribution in [3.8, 4) is 23.8 Å². The molecule has 0 amide bonds. The predicted octanol–water partition coefficient (Wildman–Crippen LogP) is 3.96. The van der Waals surface area contributed by atoms with Gasteiger partial charge in [-0.3, -0.25) is 0 Å². The molecule has 4 nitrogen and oxygen atoms in total. The van der Waals surface area contributed by atoms with Crippen molar-refractivity contribution < 1.29 is 9.13 Å². The summed E-state index contributed by atoms with van der Waals surface area (Å²) in [6.45, 7) is 1.10. The minimum atomic E-state index is -0.677. The molecule has 2 aromatic carbocycles. The van der Waals surface area contributed by atoms with Crippen LogP contribution >= 0.6 is 0 Å². The van der Waals surface area contributed by atoms with Crippen LogP contribution in [0.1, 0.15) is 18.4 Å². The van der Waals surface area contributed by atoms with Crippen molar-refractivity contribution in [3.63, 3.8) is 0 Å². The summed E-state index contributed by atoms with van der Waals surface area (Å²) in [5, 5.41) is 18.8. The molecule has 5 heteroatoms. The van der Waals surface area contributed by atoms with Gasteiger partial charge in [-0.25, -0.2) is 4.39 Å². The molecular weight excluding hydrogens is 305 g/mol. The van der Waals surface area contributed by atoms with Crippen molar-refractivity contribution in [1.82, 2.24) is 4.90 Å². The molecule has 120 valence electrons. The van der Waals surface area contributed by atoms with Gasteiger partial charge in [0.2, 0.25) is 0 Å². The van der Waals surface area contributed by atoms with Crippen LogP contribution in [0.5, 0.6) is 11.5 Å². The fourth-order valence-electron chi connectivity index (χ4n) is 3.01. The van der Waals surface area contributed by atoms with Gasteiger partial charge in [0.1, 0.15) is 17.3 Å². The number of rotatable bonds is 3. The van der Waals surface area contributed by atoms with Crippen LogP contribution in [0.4, 0.5) is 4.39 Å². The summed E-state index contributed by atoms with van der Waals surface area (Å²) in [6.07, 6.45) is 3.27. The number of benzene rings is 2. The molecule has 0 N–H and O–H groups in total. The molecule has 0 saturated carbocycles. The molecule has 0 spiro atoms. The van der Waals surface area contributed by atoms with Gasteiger partial charge in [0, 0.05) is 18.7 Å². The van der Waals surface area contributed by atoms with E-state index in [4.69, 9.17) is 10.00 Å². The van der Waals surface area contributed by atoms with E-state index in [0.29, 0.717) is 37.4 Å². The van der Waals surface area contributed by atoms with E-state index in [1.807, 2.05) is 24.3 Å². The standard InChI is InChI=1S/C19H16FN3O/c20-15-5-7-16(8-6-15)24-18-4-2-1-3-17(18)19(13-21)9-11-23(14-22)12-10-19/h1-8H,9-12H2. The molecule has 0 radical (unpaired) electrons. The Morgan fingerprint density at radius 3 is 2.29 bits per heavy atom. The summed E-state index contributed by atoms with van der Waals surface area (Å²) >= 11 is 0. The number of hydrogen-bond acceptors (Lipinski definition) is 4. The van der Waals surface area contributed by atoms with Crippen molar-refractivity contribution in [2.45, 2.75) is 18.3 Å². The molecule has 24 heavy (non-hydrogen) atoms. The van der Waals surface area contributed by atoms with Crippen LogP contribution in [0.25, 0.3) is 0 Å². The monoisotopic (exact) mass is 321 g/mol. The Morgan fingerprint density at radius 1 is 1.00 bits per heavy atom. The van der Waals surface area contributed by atoms with Crippen molar-refractivity contribution >= 4 is 0 Å². The third kappa shape index (κ3) is 3.02. The second-order valence-electron chi connectivity index (χ2n) is 5.83. The highest BCUT2D eigenvalue weighted by Crippen LogP contribution is 2.41. The number of hydrogen-bond donors (Lipinski definition) is 0. The Hall–Kier alpha value is -3.05. The molecule has 0 aliphatic carbocycles. The lowest BCUT2D eigenvalue weighted by atomic mass is 9.73. The number of nitriles is 2. The molecule has 0 aromatic heterocycles. The second kappa shape index (κ2) is 6.60. The number of para-hydroxylation sites is 1. The van der Waals surface area contributed by atoms with Gasteiger partial charge in [-0.2, -0.15) is 10.5 Å². The van der Waals surface area contributed by atoms with Crippen LogP contribution in [0.2, 0.25) is 0 Å². The minimum Gasteiger partial charge on any atom is -0.457 e. The Bertz CT molecular complexity index is 797. The van der Waals surface area contributed by atoms with E-state index < -0.39 is 5.41 Å². The third-order valence-electron chi connectivity index (χ3n) is 4.42. The average Bonchev–Trinajstić information content (AvgIpc) is 2.64. The van der Waals surface area contributed by atoms with Gasteiger partial charge in [-0.1, -0.05) is 18.2 Å². The number of piperidine rings is 1. The number of halogens is 1. The number of nitrogens with zero attached hydrogens (tertiary/aromatic N) is 3. The molecule has 3 rings (SSSR count). The van der Waals surface area contributed by atoms with Crippen molar-refractivity contribution in [2.24, 2.45) is 0 Å². The van der Waals surface area contributed by atoms with E-state index >= 15 is 0 Å². The van der Waals surface area contributed by atoms with Crippen LogP contribution in [-0.4, -0.2) is 18.0 Å². The van der Waals surface area contributed by atoms with E-state index in [1.54, 1.807) is 17.0 Å².